The Kier molecular flexibility index (Phi) is 7.03. The van der Waals surface area contributed by atoms with E-state index in [1.54, 1.807) is 11.3 Å². The Morgan fingerprint density at radius 2 is 1.97 bits per heavy atom. The second kappa shape index (κ2) is 10.5. The van der Waals surface area contributed by atoms with Gasteiger partial charge in [0.15, 0.2) is 11.6 Å². The highest BCUT2D eigenvalue weighted by atomic mass is 32.1. The second-order valence-corrected chi connectivity index (χ2v) is 9.56. The van der Waals surface area contributed by atoms with Gasteiger partial charge in [-0.2, -0.15) is 0 Å². The fourth-order valence-electron chi connectivity index (χ4n) is 4.04. The number of nitrogens with two attached hydrogens (primary N) is 1. The first kappa shape index (κ1) is 24.0. The predicted octanol–water partition coefficient (Wildman–Crippen LogP) is 2.87. The van der Waals surface area contributed by atoms with Gasteiger partial charge >= 0.3 is 5.97 Å². The minimum atomic E-state index is -0.462. The van der Waals surface area contributed by atoms with E-state index in [0.717, 1.165) is 45.1 Å². The maximum atomic E-state index is 11.7. The number of anilines is 2. The smallest absolute Gasteiger partial charge is 0.341 e. The molecule has 3 aromatic heterocycles. The van der Waals surface area contributed by atoms with Gasteiger partial charge in [0.2, 0.25) is 5.95 Å². The molecule has 0 amide bonds. The third-order valence-electron chi connectivity index (χ3n) is 5.93. The number of hydrogen-bond acceptors (Lipinski definition) is 11. The highest BCUT2D eigenvalue weighted by Gasteiger charge is 2.21. The zero-order valence-corrected chi connectivity index (χ0v) is 21.0. The molecular formula is C25H27N7O3S. The summed E-state index contributed by atoms with van der Waals surface area (Å²) in [6.07, 6.45) is 2.94. The van der Waals surface area contributed by atoms with Gasteiger partial charge in [-0.3, -0.25) is 0 Å². The van der Waals surface area contributed by atoms with Crippen LogP contribution in [0.15, 0.2) is 42.7 Å². The van der Waals surface area contributed by atoms with E-state index in [2.05, 4.69) is 20.9 Å². The Hall–Kier alpha value is -3.67. The summed E-state index contributed by atoms with van der Waals surface area (Å²) in [5.74, 6) is 1.65. The summed E-state index contributed by atoms with van der Waals surface area (Å²) in [5.41, 5.74) is 9.05. The number of benzene rings is 1. The number of nitrogens with zero attached hydrogens (tertiary/aromatic N) is 6. The van der Waals surface area contributed by atoms with E-state index in [1.165, 1.54) is 19.5 Å². The molecule has 10 nitrogen and oxygen atoms in total. The minimum Gasteiger partial charge on any atom is -0.465 e. The monoisotopic (exact) mass is 505 g/mol. The summed E-state index contributed by atoms with van der Waals surface area (Å²) >= 11 is 1.66. The third kappa shape index (κ3) is 4.99. The van der Waals surface area contributed by atoms with E-state index >= 15 is 0 Å². The second-order valence-electron chi connectivity index (χ2n) is 8.42. The number of carbonyl (C=O) groups excluding carboxylic acids is 1. The molecular weight excluding hydrogens is 478 g/mol. The van der Waals surface area contributed by atoms with E-state index in [9.17, 15) is 4.79 Å². The zero-order valence-electron chi connectivity index (χ0n) is 20.2. The van der Waals surface area contributed by atoms with Gasteiger partial charge in [0.1, 0.15) is 0 Å². The number of ether oxygens (including phenoxy) is 2. The van der Waals surface area contributed by atoms with Crippen LogP contribution >= 0.6 is 11.3 Å². The summed E-state index contributed by atoms with van der Waals surface area (Å²) < 4.78 is 11.3. The molecule has 0 aliphatic carbocycles. The van der Waals surface area contributed by atoms with Gasteiger partial charge in [-0.15, -0.1) is 11.3 Å². The fourth-order valence-corrected chi connectivity index (χ4v) is 5.21. The Morgan fingerprint density at radius 3 is 2.69 bits per heavy atom. The van der Waals surface area contributed by atoms with Crippen LogP contribution in [0.25, 0.3) is 21.6 Å². The van der Waals surface area contributed by atoms with Crippen molar-refractivity contribution in [2.45, 2.75) is 13.1 Å². The van der Waals surface area contributed by atoms with Crippen LogP contribution in [-0.4, -0.2) is 66.4 Å². The van der Waals surface area contributed by atoms with E-state index in [0.29, 0.717) is 43.6 Å². The quantitative estimate of drug-likeness (QED) is 0.375. The molecule has 186 valence electrons. The average Bonchev–Trinajstić information content (AvgIpc) is 3.34. The van der Waals surface area contributed by atoms with Gasteiger partial charge in [-0.1, -0.05) is 18.2 Å². The van der Waals surface area contributed by atoms with Crippen LogP contribution < -0.4 is 15.5 Å². The molecule has 1 aromatic carbocycles. The normalized spacial score (nSPS) is 13.7. The molecule has 0 unspecified atom stereocenters. The van der Waals surface area contributed by atoms with Crippen molar-refractivity contribution in [3.8, 4) is 11.4 Å². The van der Waals surface area contributed by atoms with Crippen LogP contribution in [0.5, 0.6) is 0 Å². The number of fused-ring (bicyclic) bond motifs is 1. The molecule has 0 saturated carbocycles. The zero-order chi connectivity index (χ0) is 25.1. The third-order valence-corrected chi connectivity index (χ3v) is 7.03. The molecule has 1 aliphatic heterocycles. The number of methoxy groups -OCH3 is 1. The number of morpholine rings is 1. The lowest BCUT2D eigenvalue weighted by atomic mass is 10.1. The highest BCUT2D eigenvalue weighted by Crippen LogP contribution is 2.35. The van der Waals surface area contributed by atoms with Crippen molar-refractivity contribution in [3.63, 3.8) is 0 Å². The first-order valence-electron chi connectivity index (χ1n) is 11.6. The van der Waals surface area contributed by atoms with E-state index in [-0.39, 0.29) is 0 Å². The molecule has 4 heterocycles. The number of hydrogen-bond donors (Lipinski definition) is 1. The van der Waals surface area contributed by atoms with Crippen LogP contribution in [-0.2, 0) is 22.6 Å². The molecule has 2 N–H and O–H groups in total. The maximum Gasteiger partial charge on any atom is 0.341 e. The van der Waals surface area contributed by atoms with E-state index < -0.39 is 5.97 Å². The fraction of sp³-hybridized carbons (Fsp3) is 0.320. The summed E-state index contributed by atoms with van der Waals surface area (Å²) in [6.45, 7) is 3.94. The van der Waals surface area contributed by atoms with E-state index in [1.807, 2.05) is 36.2 Å². The Morgan fingerprint density at radius 1 is 1.19 bits per heavy atom. The average molecular weight is 506 g/mol. The highest BCUT2D eigenvalue weighted by molar-refractivity contribution is 7.19. The molecule has 36 heavy (non-hydrogen) atoms. The van der Waals surface area contributed by atoms with E-state index in [4.69, 9.17) is 25.2 Å². The molecule has 11 heteroatoms. The van der Waals surface area contributed by atoms with Crippen molar-refractivity contribution in [2.24, 2.45) is 5.73 Å². The molecule has 0 bridgehead atoms. The minimum absolute atomic E-state index is 0.313. The number of carbonyl (C=O) groups is 1. The number of rotatable bonds is 7. The summed E-state index contributed by atoms with van der Waals surface area (Å²) in [5, 5.41) is 0. The first-order chi connectivity index (χ1) is 17.6. The standard InChI is InChI=1S/C25H27N7O3S/c1-31(25-27-13-18(14-28-25)24(33)34-2)15-19-11-20-21(36-19)23(32-6-8-35-9-7-32)30-22(29-20)17-5-3-4-16(10-17)12-26/h3-5,10-11,13-14H,6-9,12,15,26H2,1-2H3. The summed E-state index contributed by atoms with van der Waals surface area (Å²) in [7, 11) is 3.24. The van der Waals surface area contributed by atoms with Crippen LogP contribution in [0.2, 0.25) is 0 Å². The van der Waals surface area contributed by atoms with Crippen molar-refractivity contribution in [1.82, 2.24) is 19.9 Å². The number of thiophene rings is 1. The summed E-state index contributed by atoms with van der Waals surface area (Å²) in [4.78, 5) is 35.5. The van der Waals surface area contributed by atoms with Gasteiger partial charge in [0.25, 0.3) is 0 Å². The number of esters is 1. The topological polar surface area (TPSA) is 120 Å². The molecule has 4 aromatic rings. The molecule has 0 atom stereocenters. The van der Waals surface area contributed by atoms with Gasteiger partial charge in [-0.05, 0) is 17.7 Å². The predicted molar refractivity (Wildman–Crippen MR) is 139 cm³/mol. The lowest BCUT2D eigenvalue weighted by molar-refractivity contribution is 0.0599. The Bertz CT molecular complexity index is 1370. The van der Waals surface area contributed by atoms with Crippen molar-refractivity contribution in [3.05, 3.63) is 58.7 Å². The van der Waals surface area contributed by atoms with Crippen LogP contribution in [0.4, 0.5) is 11.8 Å². The molecule has 1 aliphatic rings. The van der Waals surface area contributed by atoms with Crippen molar-refractivity contribution >= 4 is 39.3 Å². The van der Waals surface area contributed by atoms with Gasteiger partial charge in [0.05, 0.1) is 42.6 Å². The van der Waals surface area contributed by atoms with Crippen LogP contribution in [0.1, 0.15) is 20.8 Å². The largest absolute Gasteiger partial charge is 0.465 e. The molecule has 0 spiro atoms. The molecule has 1 saturated heterocycles. The maximum absolute atomic E-state index is 11.7. The van der Waals surface area contributed by atoms with Gasteiger partial charge in [0, 0.05) is 49.5 Å². The lowest BCUT2D eigenvalue weighted by Crippen LogP contribution is -2.36. The van der Waals surface area contributed by atoms with Crippen LogP contribution in [0.3, 0.4) is 0 Å². The Labute approximate surface area is 212 Å². The van der Waals surface area contributed by atoms with Crippen molar-refractivity contribution in [2.75, 3.05) is 50.3 Å². The van der Waals surface area contributed by atoms with Crippen molar-refractivity contribution in [1.29, 1.82) is 0 Å². The van der Waals surface area contributed by atoms with Crippen LogP contribution in [0, 0.1) is 0 Å². The number of aromatic nitrogens is 4. The Balaban J connectivity index is 1.48. The van der Waals surface area contributed by atoms with Gasteiger partial charge < -0.3 is 25.0 Å². The molecule has 0 radical (unpaired) electrons. The molecule has 1 fully saturated rings. The first-order valence-corrected chi connectivity index (χ1v) is 12.4. The summed E-state index contributed by atoms with van der Waals surface area (Å²) in [6, 6.07) is 10.1. The van der Waals surface area contributed by atoms with Gasteiger partial charge in [-0.25, -0.2) is 24.7 Å². The molecule has 5 rings (SSSR count). The van der Waals surface area contributed by atoms with Crippen molar-refractivity contribution < 1.29 is 14.3 Å². The SMILES string of the molecule is COC(=O)c1cnc(N(C)Cc2cc3nc(-c4cccc(CN)c4)nc(N4CCOCC4)c3s2)nc1. The lowest BCUT2D eigenvalue weighted by Gasteiger charge is -2.28.